The standard InChI is InChI=1S/C15H22N2OS.ClH/c1-11-4-5-13(19-3)10-14(11)15(18)17-8-6-12(16-2)7-9-17;/h4-5,10,12,16H,6-9H2,1-3H3;1H. The molecule has 1 heterocycles. The molecule has 0 aromatic heterocycles. The molecule has 1 aromatic carbocycles. The molecule has 1 aliphatic rings. The van der Waals surface area contributed by atoms with Crippen molar-refractivity contribution >= 4 is 30.1 Å². The topological polar surface area (TPSA) is 32.3 Å². The summed E-state index contributed by atoms with van der Waals surface area (Å²) < 4.78 is 0. The Bertz CT molecular complexity index is 459. The van der Waals surface area contributed by atoms with Gasteiger partial charge in [-0.05, 0) is 50.8 Å². The molecule has 0 spiro atoms. The molecule has 20 heavy (non-hydrogen) atoms. The van der Waals surface area contributed by atoms with Gasteiger partial charge in [-0.3, -0.25) is 4.79 Å². The summed E-state index contributed by atoms with van der Waals surface area (Å²) in [7, 11) is 1.99. The summed E-state index contributed by atoms with van der Waals surface area (Å²) >= 11 is 1.68. The number of hydrogen-bond donors (Lipinski definition) is 1. The van der Waals surface area contributed by atoms with Crippen LogP contribution in [0.3, 0.4) is 0 Å². The Morgan fingerprint density at radius 3 is 2.55 bits per heavy atom. The maximum atomic E-state index is 12.6. The number of halogens is 1. The quantitative estimate of drug-likeness (QED) is 0.871. The second-order valence-electron chi connectivity index (χ2n) is 5.04. The molecule has 0 atom stereocenters. The van der Waals surface area contributed by atoms with E-state index in [1.54, 1.807) is 11.8 Å². The van der Waals surface area contributed by atoms with Crippen LogP contribution >= 0.6 is 24.2 Å². The van der Waals surface area contributed by atoms with Crippen molar-refractivity contribution in [2.24, 2.45) is 0 Å². The fourth-order valence-electron chi connectivity index (χ4n) is 2.50. The molecule has 0 radical (unpaired) electrons. The minimum Gasteiger partial charge on any atom is -0.339 e. The van der Waals surface area contributed by atoms with Crippen molar-refractivity contribution in [3.8, 4) is 0 Å². The lowest BCUT2D eigenvalue weighted by Crippen LogP contribution is -2.44. The number of carbonyl (C=O) groups excluding carboxylic acids is 1. The van der Waals surface area contributed by atoms with E-state index in [0.717, 1.165) is 42.0 Å². The molecule has 1 N–H and O–H groups in total. The van der Waals surface area contributed by atoms with Crippen LogP contribution in [-0.4, -0.2) is 43.2 Å². The van der Waals surface area contributed by atoms with Crippen molar-refractivity contribution in [2.75, 3.05) is 26.4 Å². The first-order valence-electron chi connectivity index (χ1n) is 6.77. The number of piperidine rings is 1. The molecule has 1 aromatic rings. The largest absolute Gasteiger partial charge is 0.339 e. The Morgan fingerprint density at radius 2 is 2.00 bits per heavy atom. The van der Waals surface area contributed by atoms with E-state index in [9.17, 15) is 4.79 Å². The van der Waals surface area contributed by atoms with Gasteiger partial charge in [0, 0.05) is 29.6 Å². The highest BCUT2D eigenvalue weighted by Crippen LogP contribution is 2.21. The van der Waals surface area contributed by atoms with E-state index in [4.69, 9.17) is 0 Å². The number of carbonyl (C=O) groups is 1. The van der Waals surface area contributed by atoms with Crippen LogP contribution in [0, 0.1) is 6.92 Å². The molecule has 3 nitrogen and oxygen atoms in total. The van der Waals surface area contributed by atoms with Gasteiger partial charge in [0.1, 0.15) is 0 Å². The lowest BCUT2D eigenvalue weighted by Gasteiger charge is -2.32. The predicted octanol–water partition coefficient (Wildman–Crippen LogP) is 2.96. The van der Waals surface area contributed by atoms with Gasteiger partial charge < -0.3 is 10.2 Å². The first-order valence-corrected chi connectivity index (χ1v) is 7.99. The van der Waals surface area contributed by atoms with Gasteiger partial charge in [-0.1, -0.05) is 6.07 Å². The van der Waals surface area contributed by atoms with Crippen molar-refractivity contribution in [1.82, 2.24) is 10.2 Å². The monoisotopic (exact) mass is 314 g/mol. The third-order valence-corrected chi connectivity index (χ3v) is 4.59. The van der Waals surface area contributed by atoms with E-state index in [1.807, 2.05) is 37.3 Å². The Labute approximate surface area is 131 Å². The first kappa shape index (κ1) is 17.3. The summed E-state index contributed by atoms with van der Waals surface area (Å²) in [5.41, 5.74) is 1.92. The van der Waals surface area contributed by atoms with Gasteiger partial charge >= 0.3 is 0 Å². The molecule has 1 saturated heterocycles. The van der Waals surface area contributed by atoms with Gasteiger partial charge in [-0.2, -0.15) is 0 Å². The number of amides is 1. The molecule has 1 aliphatic heterocycles. The Kier molecular flexibility index (Phi) is 6.86. The van der Waals surface area contributed by atoms with Crippen LogP contribution in [-0.2, 0) is 0 Å². The number of hydrogen-bond acceptors (Lipinski definition) is 3. The molecule has 0 bridgehead atoms. The molecule has 5 heteroatoms. The van der Waals surface area contributed by atoms with Gasteiger partial charge in [-0.15, -0.1) is 24.2 Å². The summed E-state index contributed by atoms with van der Waals surface area (Å²) in [5.74, 6) is 0.183. The number of nitrogens with one attached hydrogen (secondary N) is 1. The molecule has 2 rings (SSSR count). The second-order valence-corrected chi connectivity index (χ2v) is 5.92. The summed E-state index contributed by atoms with van der Waals surface area (Å²) in [4.78, 5) is 15.7. The van der Waals surface area contributed by atoms with E-state index < -0.39 is 0 Å². The molecule has 0 unspecified atom stereocenters. The SMILES string of the molecule is CNC1CCN(C(=O)c2cc(SC)ccc2C)CC1.Cl. The van der Waals surface area contributed by atoms with E-state index in [2.05, 4.69) is 11.4 Å². The summed E-state index contributed by atoms with van der Waals surface area (Å²) in [6.45, 7) is 3.72. The zero-order valence-corrected chi connectivity index (χ0v) is 13.9. The third kappa shape index (κ3) is 3.90. The zero-order chi connectivity index (χ0) is 13.8. The highest BCUT2D eigenvalue weighted by Gasteiger charge is 2.23. The normalized spacial score (nSPS) is 15.8. The second kappa shape index (κ2) is 7.91. The minimum atomic E-state index is 0. The molecule has 1 amide bonds. The lowest BCUT2D eigenvalue weighted by atomic mass is 10.0. The van der Waals surface area contributed by atoms with E-state index in [-0.39, 0.29) is 18.3 Å². The minimum absolute atomic E-state index is 0. The van der Waals surface area contributed by atoms with Crippen molar-refractivity contribution in [3.63, 3.8) is 0 Å². The number of thioether (sulfide) groups is 1. The van der Waals surface area contributed by atoms with Crippen molar-refractivity contribution in [1.29, 1.82) is 0 Å². The summed E-state index contributed by atoms with van der Waals surface area (Å²) in [6, 6.07) is 6.69. The van der Waals surface area contributed by atoms with Crippen molar-refractivity contribution < 1.29 is 4.79 Å². The van der Waals surface area contributed by atoms with Crippen molar-refractivity contribution in [2.45, 2.75) is 30.7 Å². The number of benzene rings is 1. The molecule has 0 aliphatic carbocycles. The maximum absolute atomic E-state index is 12.6. The van der Waals surface area contributed by atoms with E-state index in [1.165, 1.54) is 0 Å². The van der Waals surface area contributed by atoms with Crippen LogP contribution < -0.4 is 5.32 Å². The van der Waals surface area contributed by atoms with E-state index in [0.29, 0.717) is 6.04 Å². The molecule has 112 valence electrons. The predicted molar refractivity (Wildman–Crippen MR) is 88.2 cm³/mol. The van der Waals surface area contributed by atoms with E-state index >= 15 is 0 Å². The van der Waals surface area contributed by atoms with Gasteiger partial charge in [-0.25, -0.2) is 0 Å². The highest BCUT2D eigenvalue weighted by atomic mass is 35.5. The number of rotatable bonds is 3. The van der Waals surface area contributed by atoms with Crippen LogP contribution in [0.25, 0.3) is 0 Å². The Morgan fingerprint density at radius 1 is 1.35 bits per heavy atom. The average molecular weight is 315 g/mol. The number of likely N-dealkylation sites (tertiary alicyclic amines) is 1. The van der Waals surface area contributed by atoms with Crippen LogP contribution in [0.5, 0.6) is 0 Å². The Hall–Kier alpha value is -0.710. The van der Waals surface area contributed by atoms with Crippen LogP contribution in [0.15, 0.2) is 23.1 Å². The average Bonchev–Trinajstić information content (AvgIpc) is 2.47. The number of aryl methyl sites for hydroxylation is 1. The lowest BCUT2D eigenvalue weighted by molar-refractivity contribution is 0.0706. The summed E-state index contributed by atoms with van der Waals surface area (Å²) in [5, 5.41) is 3.29. The van der Waals surface area contributed by atoms with Gasteiger partial charge in [0.25, 0.3) is 5.91 Å². The van der Waals surface area contributed by atoms with Gasteiger partial charge in [0.15, 0.2) is 0 Å². The number of nitrogens with zero attached hydrogens (tertiary/aromatic N) is 1. The third-order valence-electron chi connectivity index (χ3n) is 3.87. The van der Waals surface area contributed by atoms with Gasteiger partial charge in [0.2, 0.25) is 0 Å². The first-order chi connectivity index (χ1) is 9.15. The van der Waals surface area contributed by atoms with Crippen LogP contribution in [0.1, 0.15) is 28.8 Å². The smallest absolute Gasteiger partial charge is 0.254 e. The fourth-order valence-corrected chi connectivity index (χ4v) is 2.94. The molecular formula is C15H23ClN2OS. The summed E-state index contributed by atoms with van der Waals surface area (Å²) in [6.07, 6.45) is 4.13. The molecule has 1 fully saturated rings. The van der Waals surface area contributed by atoms with Crippen LogP contribution in [0.4, 0.5) is 0 Å². The zero-order valence-electron chi connectivity index (χ0n) is 12.3. The van der Waals surface area contributed by atoms with Gasteiger partial charge in [0.05, 0.1) is 0 Å². The highest BCUT2D eigenvalue weighted by molar-refractivity contribution is 7.98. The van der Waals surface area contributed by atoms with Crippen LogP contribution in [0.2, 0.25) is 0 Å². The Balaban J connectivity index is 0.00000200. The molecule has 0 saturated carbocycles. The maximum Gasteiger partial charge on any atom is 0.254 e. The fraction of sp³-hybridized carbons (Fsp3) is 0.533. The molecular weight excluding hydrogens is 292 g/mol. The van der Waals surface area contributed by atoms with Crippen molar-refractivity contribution in [3.05, 3.63) is 29.3 Å².